The second-order valence-corrected chi connectivity index (χ2v) is 11.2. The molecule has 13 heteroatoms. The van der Waals surface area contributed by atoms with Crippen LogP contribution in [0.5, 0.6) is 0 Å². The van der Waals surface area contributed by atoms with Gasteiger partial charge in [-0.05, 0) is 43.3 Å². The van der Waals surface area contributed by atoms with Gasteiger partial charge >= 0.3 is 0 Å². The molecular formula is C23H22N6O4S3. The molecule has 2 atom stereocenters. The van der Waals surface area contributed by atoms with Gasteiger partial charge in [-0.2, -0.15) is 4.72 Å². The third-order valence-corrected chi connectivity index (χ3v) is 7.71. The number of H-pyrrole nitrogens is 1. The average Bonchev–Trinajstić information content (AvgIpc) is 3.28. The van der Waals surface area contributed by atoms with Crippen molar-refractivity contribution in [3.05, 3.63) is 76.4 Å². The van der Waals surface area contributed by atoms with Crippen molar-refractivity contribution in [1.29, 1.82) is 0 Å². The monoisotopic (exact) mass is 542 g/mol. The van der Waals surface area contributed by atoms with E-state index >= 15 is 0 Å². The Morgan fingerprint density at radius 1 is 1.06 bits per heavy atom. The number of para-hydroxylation sites is 1. The number of hydrogen-bond acceptors (Lipinski definition) is 8. The first kappa shape index (κ1) is 25.6. The lowest BCUT2D eigenvalue weighted by Gasteiger charge is -2.21. The molecule has 0 unspecified atom stereocenters. The summed E-state index contributed by atoms with van der Waals surface area (Å²) in [6.45, 7) is 1.49. The van der Waals surface area contributed by atoms with Crippen LogP contribution >= 0.6 is 23.6 Å². The van der Waals surface area contributed by atoms with Crippen LogP contribution in [0.25, 0.3) is 10.9 Å². The fourth-order valence-electron chi connectivity index (χ4n) is 3.46. The summed E-state index contributed by atoms with van der Waals surface area (Å²) in [5, 5.41) is 12.5. The number of aromatic amines is 1. The Morgan fingerprint density at radius 2 is 1.81 bits per heavy atom. The van der Waals surface area contributed by atoms with Gasteiger partial charge in [0.15, 0.2) is 3.95 Å². The number of nitrogens with zero attached hydrogens (tertiary/aromatic N) is 2. The Kier molecular flexibility index (Phi) is 7.84. The van der Waals surface area contributed by atoms with Crippen LogP contribution in [0.15, 0.2) is 71.8 Å². The van der Waals surface area contributed by atoms with Crippen molar-refractivity contribution in [2.75, 3.05) is 5.32 Å². The number of carbonyl (C=O) groups is 2. The second kappa shape index (κ2) is 11.0. The lowest BCUT2D eigenvalue weighted by molar-refractivity contribution is -0.127. The molecule has 10 nitrogen and oxygen atoms in total. The van der Waals surface area contributed by atoms with E-state index in [1.165, 1.54) is 19.2 Å². The molecule has 2 amide bonds. The lowest BCUT2D eigenvalue weighted by atomic mass is 10.1. The number of anilines is 1. The first-order valence-corrected chi connectivity index (χ1v) is 13.5. The van der Waals surface area contributed by atoms with Crippen LogP contribution in [0.3, 0.4) is 0 Å². The first-order chi connectivity index (χ1) is 17.2. The molecule has 0 aliphatic carbocycles. The van der Waals surface area contributed by atoms with Gasteiger partial charge < -0.3 is 5.32 Å². The molecule has 0 aliphatic rings. The number of hydrogen-bond donors (Lipinski definition) is 4. The molecule has 0 saturated heterocycles. The third kappa shape index (κ3) is 6.18. The van der Waals surface area contributed by atoms with E-state index in [-0.39, 0.29) is 16.4 Å². The standard InChI is InChI=1S/C23H22N6O4S3/c1-14(20(30)26-22-27-28-23(34)35-22)25-21(31)17(13-15-7-3-2-4-8-15)29-36(32,33)18-11-5-9-16-10-6-12-24-19(16)18/h2-12,14,17,29H,13H2,1H3,(H,25,31)(H,28,34)(H,26,27,30)/t14-,17-/m0/s1. The number of nitrogens with one attached hydrogen (secondary N) is 4. The van der Waals surface area contributed by atoms with Crippen LogP contribution in [-0.2, 0) is 26.0 Å². The van der Waals surface area contributed by atoms with Gasteiger partial charge in [0.25, 0.3) is 0 Å². The van der Waals surface area contributed by atoms with Gasteiger partial charge in [-0.15, -0.1) is 5.10 Å². The van der Waals surface area contributed by atoms with Crippen molar-refractivity contribution in [3.63, 3.8) is 0 Å². The highest BCUT2D eigenvalue weighted by Gasteiger charge is 2.29. The van der Waals surface area contributed by atoms with E-state index in [0.717, 1.165) is 16.9 Å². The van der Waals surface area contributed by atoms with E-state index in [2.05, 4.69) is 30.5 Å². The van der Waals surface area contributed by atoms with Gasteiger partial charge in [-0.3, -0.25) is 25.0 Å². The zero-order valence-electron chi connectivity index (χ0n) is 19.0. The van der Waals surface area contributed by atoms with Crippen molar-refractivity contribution < 1.29 is 18.0 Å². The molecule has 2 aromatic heterocycles. The zero-order chi connectivity index (χ0) is 25.7. The van der Waals surface area contributed by atoms with Crippen LogP contribution in [-0.4, -0.2) is 47.5 Å². The molecule has 4 N–H and O–H groups in total. The minimum atomic E-state index is -4.15. The summed E-state index contributed by atoms with van der Waals surface area (Å²) in [5.41, 5.74) is 1.03. The lowest BCUT2D eigenvalue weighted by Crippen LogP contribution is -2.52. The van der Waals surface area contributed by atoms with Crippen LogP contribution in [0.1, 0.15) is 12.5 Å². The molecule has 0 bridgehead atoms. The number of carbonyl (C=O) groups excluding carboxylic acids is 2. The Labute approximate surface area is 216 Å². The molecular weight excluding hydrogens is 520 g/mol. The molecule has 186 valence electrons. The Balaban J connectivity index is 1.57. The van der Waals surface area contributed by atoms with Gasteiger partial charge in [0.2, 0.25) is 27.0 Å². The summed E-state index contributed by atoms with van der Waals surface area (Å²) in [5.74, 6) is -1.19. The second-order valence-electron chi connectivity index (χ2n) is 7.83. The topological polar surface area (TPSA) is 146 Å². The van der Waals surface area contributed by atoms with E-state index in [1.54, 1.807) is 48.5 Å². The minimum Gasteiger partial charge on any atom is -0.343 e. The summed E-state index contributed by atoms with van der Waals surface area (Å²) < 4.78 is 29.7. The molecule has 0 fully saturated rings. The maximum atomic E-state index is 13.4. The number of sulfonamides is 1. The maximum Gasteiger partial charge on any atom is 0.248 e. The Hall–Kier alpha value is -3.52. The predicted octanol–water partition coefficient (Wildman–Crippen LogP) is 2.78. The summed E-state index contributed by atoms with van der Waals surface area (Å²) in [7, 11) is -4.15. The van der Waals surface area contributed by atoms with Crippen LogP contribution in [0.4, 0.5) is 5.13 Å². The molecule has 0 aliphatic heterocycles. The van der Waals surface area contributed by atoms with Crippen molar-refractivity contribution in [2.24, 2.45) is 0 Å². The highest BCUT2D eigenvalue weighted by Crippen LogP contribution is 2.21. The zero-order valence-corrected chi connectivity index (χ0v) is 21.4. The largest absolute Gasteiger partial charge is 0.343 e. The molecule has 4 rings (SSSR count). The number of rotatable bonds is 9. The Morgan fingerprint density at radius 3 is 2.53 bits per heavy atom. The van der Waals surface area contributed by atoms with Crippen LogP contribution in [0.2, 0.25) is 0 Å². The van der Waals surface area contributed by atoms with E-state index in [4.69, 9.17) is 12.2 Å². The molecule has 2 heterocycles. The molecule has 2 aromatic carbocycles. The smallest absolute Gasteiger partial charge is 0.248 e. The van der Waals surface area contributed by atoms with Gasteiger partial charge in [0.05, 0.1) is 5.52 Å². The Bertz CT molecular complexity index is 1550. The minimum absolute atomic E-state index is 0.0445. The summed E-state index contributed by atoms with van der Waals surface area (Å²) in [4.78, 5) is 29.9. The SMILES string of the molecule is C[C@H](NC(=O)[C@H](Cc1ccccc1)NS(=O)(=O)c1cccc2cccnc12)C(=O)Nc1n[nH]c(=S)s1. The maximum absolute atomic E-state index is 13.4. The van der Waals surface area contributed by atoms with Crippen LogP contribution in [0, 0.1) is 3.95 Å². The molecule has 0 saturated carbocycles. The van der Waals surface area contributed by atoms with E-state index in [0.29, 0.717) is 14.9 Å². The average molecular weight is 543 g/mol. The van der Waals surface area contributed by atoms with Crippen molar-refractivity contribution in [3.8, 4) is 0 Å². The third-order valence-electron chi connectivity index (χ3n) is 5.20. The van der Waals surface area contributed by atoms with Gasteiger partial charge in [0.1, 0.15) is 17.0 Å². The highest BCUT2D eigenvalue weighted by atomic mass is 32.2. The summed E-state index contributed by atoms with van der Waals surface area (Å²) in [6, 6.07) is 15.1. The molecule has 36 heavy (non-hydrogen) atoms. The van der Waals surface area contributed by atoms with Crippen molar-refractivity contribution in [1.82, 2.24) is 25.2 Å². The molecule has 0 radical (unpaired) electrons. The van der Waals surface area contributed by atoms with Gasteiger partial charge in [-0.1, -0.05) is 59.9 Å². The predicted molar refractivity (Wildman–Crippen MR) is 140 cm³/mol. The normalized spacial score (nSPS) is 13.1. The van der Waals surface area contributed by atoms with Gasteiger partial charge in [0, 0.05) is 11.6 Å². The first-order valence-electron chi connectivity index (χ1n) is 10.8. The van der Waals surface area contributed by atoms with Gasteiger partial charge in [-0.25, -0.2) is 8.42 Å². The summed E-state index contributed by atoms with van der Waals surface area (Å²) in [6.07, 6.45) is 1.57. The van der Waals surface area contributed by atoms with Crippen molar-refractivity contribution >= 4 is 61.4 Å². The number of amides is 2. The fraction of sp³-hybridized carbons (Fsp3) is 0.174. The number of benzene rings is 2. The van der Waals surface area contributed by atoms with Crippen LogP contribution < -0.4 is 15.4 Å². The summed E-state index contributed by atoms with van der Waals surface area (Å²) >= 11 is 6.02. The number of pyridine rings is 1. The van der Waals surface area contributed by atoms with E-state index < -0.39 is 33.9 Å². The van der Waals surface area contributed by atoms with Crippen molar-refractivity contribution in [2.45, 2.75) is 30.3 Å². The number of aromatic nitrogens is 3. The highest BCUT2D eigenvalue weighted by molar-refractivity contribution is 7.89. The molecule has 0 spiro atoms. The quantitative estimate of drug-likeness (QED) is 0.238. The van der Waals surface area contributed by atoms with E-state index in [1.807, 2.05) is 6.07 Å². The van der Waals surface area contributed by atoms with E-state index in [9.17, 15) is 18.0 Å². The molecule has 4 aromatic rings. The fourth-order valence-corrected chi connectivity index (χ4v) is 5.62. The number of fused-ring (bicyclic) bond motifs is 1.